The number of nitrogens with one attached hydrogen (secondary N) is 1. The van der Waals surface area contributed by atoms with Crippen molar-refractivity contribution in [1.82, 2.24) is 5.32 Å². The van der Waals surface area contributed by atoms with E-state index in [1.807, 2.05) is 18.2 Å². The van der Waals surface area contributed by atoms with Gasteiger partial charge < -0.3 is 10.4 Å². The minimum atomic E-state index is 0.115. The van der Waals surface area contributed by atoms with Crippen LogP contribution in [0.1, 0.15) is 0 Å². The lowest BCUT2D eigenvalue weighted by Gasteiger charge is -2.07. The molecule has 0 aromatic rings. The van der Waals surface area contributed by atoms with Crippen LogP contribution in [0.25, 0.3) is 0 Å². The Morgan fingerprint density at radius 1 is 1.75 bits per heavy atom. The average molecular weight is 111 g/mol. The summed E-state index contributed by atoms with van der Waals surface area (Å²) in [6.45, 7) is 0.955. The largest absolute Gasteiger partial charge is 0.390 e. The smallest absolute Gasteiger partial charge is 0.0827 e. The molecule has 8 heavy (non-hydrogen) atoms. The second-order valence-electron chi connectivity index (χ2n) is 1.66. The summed E-state index contributed by atoms with van der Waals surface area (Å²) in [5.74, 6) is 0. The molecule has 0 radical (unpaired) electrons. The molecule has 0 fully saturated rings. The summed E-state index contributed by atoms with van der Waals surface area (Å²) in [4.78, 5) is 0. The zero-order valence-electron chi connectivity index (χ0n) is 4.59. The lowest BCUT2D eigenvalue weighted by Crippen LogP contribution is -2.17. The number of aliphatic hydroxyl groups excluding tert-OH is 1. The number of dihydropyridines is 1. The van der Waals surface area contributed by atoms with Crippen LogP contribution in [-0.2, 0) is 0 Å². The van der Waals surface area contributed by atoms with Gasteiger partial charge >= 0.3 is 0 Å². The number of rotatable bonds is 1. The summed E-state index contributed by atoms with van der Waals surface area (Å²) < 4.78 is 0. The molecule has 0 aliphatic carbocycles. The van der Waals surface area contributed by atoms with Gasteiger partial charge in [-0.2, -0.15) is 0 Å². The van der Waals surface area contributed by atoms with Crippen molar-refractivity contribution in [2.75, 3.05) is 13.2 Å². The monoisotopic (exact) mass is 111 g/mol. The maximum atomic E-state index is 8.53. The van der Waals surface area contributed by atoms with E-state index in [0.717, 1.165) is 12.2 Å². The fourth-order valence-electron chi connectivity index (χ4n) is 0.610. The van der Waals surface area contributed by atoms with Crippen molar-refractivity contribution in [2.45, 2.75) is 0 Å². The third kappa shape index (κ3) is 1.10. The van der Waals surface area contributed by atoms with Crippen LogP contribution in [0.15, 0.2) is 23.9 Å². The molecule has 0 atom stereocenters. The summed E-state index contributed by atoms with van der Waals surface area (Å²) in [5.41, 5.74) is 0.896. The second kappa shape index (κ2) is 2.52. The fourth-order valence-corrected chi connectivity index (χ4v) is 0.610. The molecular weight excluding hydrogens is 102 g/mol. The van der Waals surface area contributed by atoms with Gasteiger partial charge in [0.15, 0.2) is 0 Å². The molecule has 0 bridgehead atoms. The van der Waals surface area contributed by atoms with E-state index in [4.69, 9.17) is 5.11 Å². The van der Waals surface area contributed by atoms with E-state index in [1.165, 1.54) is 0 Å². The molecule has 1 aliphatic heterocycles. The van der Waals surface area contributed by atoms with Crippen LogP contribution in [0.5, 0.6) is 0 Å². The van der Waals surface area contributed by atoms with Crippen molar-refractivity contribution < 1.29 is 5.11 Å². The highest BCUT2D eigenvalue weighted by Gasteiger charge is 1.92. The topological polar surface area (TPSA) is 32.3 Å². The predicted molar refractivity (Wildman–Crippen MR) is 32.3 cm³/mol. The molecule has 0 aromatic carbocycles. The normalized spacial score (nSPS) is 17.4. The summed E-state index contributed by atoms with van der Waals surface area (Å²) >= 11 is 0. The highest BCUT2D eigenvalue weighted by atomic mass is 16.3. The average Bonchev–Trinajstić information content (AvgIpc) is 1.90. The molecule has 1 aliphatic rings. The van der Waals surface area contributed by atoms with E-state index in [-0.39, 0.29) is 6.61 Å². The van der Waals surface area contributed by atoms with Gasteiger partial charge in [-0.3, -0.25) is 0 Å². The van der Waals surface area contributed by atoms with Crippen LogP contribution in [0.3, 0.4) is 0 Å². The van der Waals surface area contributed by atoms with Gasteiger partial charge in [0.1, 0.15) is 0 Å². The zero-order valence-corrected chi connectivity index (χ0v) is 4.59. The molecule has 0 unspecified atom stereocenters. The molecule has 0 spiro atoms. The predicted octanol–water partition coefficient (Wildman–Crippen LogP) is 0.0220. The molecule has 1 heterocycles. The lowest BCUT2D eigenvalue weighted by molar-refractivity contribution is 0.322. The van der Waals surface area contributed by atoms with Gasteiger partial charge in [0.05, 0.1) is 6.61 Å². The quantitative estimate of drug-likeness (QED) is 0.500. The fraction of sp³-hybridized carbons (Fsp3) is 0.333. The van der Waals surface area contributed by atoms with Crippen LogP contribution in [0.2, 0.25) is 0 Å². The Morgan fingerprint density at radius 3 is 3.00 bits per heavy atom. The first kappa shape index (κ1) is 5.38. The summed E-state index contributed by atoms with van der Waals surface area (Å²) in [6, 6.07) is 0. The minimum Gasteiger partial charge on any atom is -0.390 e. The second-order valence-corrected chi connectivity index (χ2v) is 1.66. The van der Waals surface area contributed by atoms with E-state index in [2.05, 4.69) is 5.32 Å². The van der Waals surface area contributed by atoms with Crippen LogP contribution in [-0.4, -0.2) is 18.3 Å². The molecule has 2 nitrogen and oxygen atoms in total. The molecule has 0 aromatic heterocycles. The maximum absolute atomic E-state index is 8.53. The Balaban J connectivity index is 2.50. The van der Waals surface area contributed by atoms with Crippen molar-refractivity contribution in [3.8, 4) is 0 Å². The standard InChI is InChI=1S/C6H9NO/c8-5-6-3-1-2-4-7-6/h1-3,7-8H,4-5H2. The summed E-state index contributed by atoms with van der Waals surface area (Å²) in [5, 5.41) is 11.5. The first-order valence-electron chi connectivity index (χ1n) is 2.64. The van der Waals surface area contributed by atoms with Crippen LogP contribution >= 0.6 is 0 Å². The Hall–Kier alpha value is -0.760. The van der Waals surface area contributed by atoms with Gasteiger partial charge in [-0.25, -0.2) is 0 Å². The van der Waals surface area contributed by atoms with E-state index >= 15 is 0 Å². The van der Waals surface area contributed by atoms with Crippen molar-refractivity contribution in [3.63, 3.8) is 0 Å². The van der Waals surface area contributed by atoms with Gasteiger partial charge in [-0.1, -0.05) is 12.2 Å². The van der Waals surface area contributed by atoms with E-state index in [1.54, 1.807) is 0 Å². The van der Waals surface area contributed by atoms with Crippen LogP contribution in [0, 0.1) is 0 Å². The van der Waals surface area contributed by atoms with E-state index < -0.39 is 0 Å². The van der Waals surface area contributed by atoms with Gasteiger partial charge in [0, 0.05) is 12.2 Å². The number of hydrogen-bond donors (Lipinski definition) is 2. The summed E-state index contributed by atoms with van der Waals surface area (Å²) in [7, 11) is 0. The van der Waals surface area contributed by atoms with Gasteiger partial charge in [0.25, 0.3) is 0 Å². The van der Waals surface area contributed by atoms with Crippen LogP contribution in [0.4, 0.5) is 0 Å². The molecule has 2 N–H and O–H groups in total. The van der Waals surface area contributed by atoms with Crippen molar-refractivity contribution >= 4 is 0 Å². The SMILES string of the molecule is OCC1=CC=CCN1. The Morgan fingerprint density at radius 2 is 2.62 bits per heavy atom. The van der Waals surface area contributed by atoms with Gasteiger partial charge in [-0.05, 0) is 6.08 Å². The highest BCUT2D eigenvalue weighted by molar-refractivity contribution is 5.16. The Labute approximate surface area is 48.5 Å². The van der Waals surface area contributed by atoms with Gasteiger partial charge in [0.2, 0.25) is 0 Å². The molecule has 0 amide bonds. The minimum absolute atomic E-state index is 0.115. The molecule has 1 rings (SSSR count). The van der Waals surface area contributed by atoms with Gasteiger partial charge in [-0.15, -0.1) is 0 Å². The molecule has 2 heteroatoms. The molecular formula is C6H9NO. The molecule has 0 saturated heterocycles. The third-order valence-corrected chi connectivity index (χ3v) is 1.05. The molecule has 44 valence electrons. The zero-order chi connectivity index (χ0) is 5.82. The number of hydrogen-bond acceptors (Lipinski definition) is 2. The van der Waals surface area contributed by atoms with E-state index in [9.17, 15) is 0 Å². The third-order valence-electron chi connectivity index (χ3n) is 1.05. The first-order valence-corrected chi connectivity index (χ1v) is 2.64. The van der Waals surface area contributed by atoms with Crippen molar-refractivity contribution in [1.29, 1.82) is 0 Å². The number of allylic oxidation sites excluding steroid dienone is 2. The number of aliphatic hydroxyl groups is 1. The summed E-state index contributed by atoms with van der Waals surface area (Å²) in [6.07, 6.45) is 5.80. The maximum Gasteiger partial charge on any atom is 0.0827 e. The Bertz CT molecular complexity index is 126. The van der Waals surface area contributed by atoms with Crippen molar-refractivity contribution in [2.24, 2.45) is 0 Å². The highest BCUT2D eigenvalue weighted by Crippen LogP contribution is 1.92. The Kier molecular flexibility index (Phi) is 1.70. The lowest BCUT2D eigenvalue weighted by atomic mass is 10.3. The first-order chi connectivity index (χ1) is 3.93. The van der Waals surface area contributed by atoms with E-state index in [0.29, 0.717) is 0 Å². The molecule has 0 saturated carbocycles. The van der Waals surface area contributed by atoms with Crippen molar-refractivity contribution in [3.05, 3.63) is 23.9 Å². The van der Waals surface area contributed by atoms with Crippen LogP contribution < -0.4 is 5.32 Å².